The molecule has 0 bridgehead atoms. The highest BCUT2D eigenvalue weighted by Gasteiger charge is 2.27. The first-order chi connectivity index (χ1) is 9.32. The maximum atomic E-state index is 13.3. The lowest BCUT2D eigenvalue weighted by atomic mass is 10.1. The molecule has 0 saturated heterocycles. The van der Waals surface area contributed by atoms with E-state index >= 15 is 0 Å². The summed E-state index contributed by atoms with van der Waals surface area (Å²) < 4.78 is 39.9. The van der Waals surface area contributed by atoms with Gasteiger partial charge >= 0.3 is 0 Å². The normalized spacial score (nSPS) is 17.0. The van der Waals surface area contributed by atoms with Gasteiger partial charge in [0.15, 0.2) is 0 Å². The van der Waals surface area contributed by atoms with Crippen LogP contribution in [-0.4, -0.2) is 26.3 Å². The second kappa shape index (κ2) is 5.99. The highest BCUT2D eigenvalue weighted by atomic mass is 79.9. The van der Waals surface area contributed by atoms with Gasteiger partial charge in [0.05, 0.1) is 10.6 Å². The van der Waals surface area contributed by atoms with Gasteiger partial charge in [-0.2, -0.15) is 0 Å². The van der Waals surface area contributed by atoms with Gasteiger partial charge in [0.1, 0.15) is 5.82 Å². The average Bonchev–Trinajstić information content (AvgIpc) is 2.86. The van der Waals surface area contributed by atoms with Gasteiger partial charge < -0.3 is 5.73 Å². The first-order valence-corrected chi connectivity index (χ1v) is 8.76. The number of hydrogen-bond acceptors (Lipinski definition) is 3. The molecule has 0 heterocycles. The molecule has 1 aromatic carbocycles. The zero-order chi connectivity index (χ0) is 14.9. The number of benzene rings is 1. The molecule has 20 heavy (non-hydrogen) atoms. The number of nitrogen functional groups attached to an aromatic ring is 1. The Morgan fingerprint density at radius 1 is 1.40 bits per heavy atom. The molecular formula is C13H18BrFN2O2S. The number of rotatable bonds is 4. The van der Waals surface area contributed by atoms with Crippen LogP contribution in [0.2, 0.25) is 0 Å². The molecule has 0 unspecified atom stereocenters. The van der Waals surface area contributed by atoms with E-state index in [1.807, 2.05) is 0 Å². The number of hydrogen-bond donors (Lipinski definition) is 1. The number of halogens is 2. The highest BCUT2D eigenvalue weighted by Crippen LogP contribution is 2.31. The molecule has 0 amide bonds. The van der Waals surface area contributed by atoms with Crippen molar-refractivity contribution >= 4 is 31.6 Å². The van der Waals surface area contributed by atoms with E-state index in [1.165, 1.54) is 10.4 Å². The third kappa shape index (κ3) is 3.15. The number of anilines is 1. The van der Waals surface area contributed by atoms with Gasteiger partial charge in [-0.3, -0.25) is 0 Å². The lowest BCUT2D eigenvalue weighted by molar-refractivity contribution is 0.387. The molecule has 2 rings (SSSR count). The zero-order valence-corrected chi connectivity index (χ0v) is 13.7. The summed E-state index contributed by atoms with van der Waals surface area (Å²) in [5.74, 6) is -0.222. The fourth-order valence-electron chi connectivity index (χ4n) is 2.57. The van der Waals surface area contributed by atoms with Crippen LogP contribution < -0.4 is 5.73 Å². The Morgan fingerprint density at radius 2 is 2.00 bits per heavy atom. The second-order valence-corrected chi connectivity index (χ2v) is 8.11. The minimum absolute atomic E-state index is 0.0110. The van der Waals surface area contributed by atoms with Crippen LogP contribution in [0.1, 0.15) is 25.7 Å². The lowest BCUT2D eigenvalue weighted by Crippen LogP contribution is -2.31. The van der Waals surface area contributed by atoms with E-state index in [0.29, 0.717) is 12.5 Å². The Morgan fingerprint density at radius 3 is 2.60 bits per heavy atom. The Bertz CT molecular complexity index is 601. The summed E-state index contributed by atoms with van der Waals surface area (Å²) in [6.07, 6.45) is 4.44. The van der Waals surface area contributed by atoms with Gasteiger partial charge in [-0.1, -0.05) is 12.8 Å². The third-order valence-corrected chi connectivity index (χ3v) is 6.51. The van der Waals surface area contributed by atoms with Crippen LogP contribution in [0, 0.1) is 11.7 Å². The molecule has 0 aromatic heterocycles. The second-order valence-electron chi connectivity index (χ2n) is 5.24. The monoisotopic (exact) mass is 364 g/mol. The zero-order valence-electron chi connectivity index (χ0n) is 11.3. The summed E-state index contributed by atoms with van der Waals surface area (Å²) in [4.78, 5) is 0.0110. The molecule has 0 radical (unpaired) electrons. The van der Waals surface area contributed by atoms with E-state index in [4.69, 9.17) is 5.73 Å². The predicted molar refractivity (Wildman–Crippen MR) is 80.3 cm³/mol. The van der Waals surface area contributed by atoms with Crippen LogP contribution in [0.25, 0.3) is 0 Å². The van der Waals surface area contributed by atoms with Gasteiger partial charge in [0.2, 0.25) is 10.0 Å². The summed E-state index contributed by atoms with van der Waals surface area (Å²) in [7, 11) is -2.10. The topological polar surface area (TPSA) is 63.4 Å². The van der Waals surface area contributed by atoms with Crippen LogP contribution in [0.5, 0.6) is 0 Å². The SMILES string of the molecule is CN(CC1CCCC1)S(=O)(=O)c1cc(N)c(F)cc1Br. The van der Waals surface area contributed by atoms with Crippen LogP contribution in [0.3, 0.4) is 0 Å². The standard InChI is InChI=1S/C13H18BrFN2O2S/c1-17(8-9-4-2-3-5-9)20(18,19)13-7-12(16)11(15)6-10(13)14/h6-7,9H,2-5,8,16H2,1H3. The summed E-state index contributed by atoms with van der Waals surface area (Å²) >= 11 is 3.10. The molecule has 2 N–H and O–H groups in total. The summed E-state index contributed by atoms with van der Waals surface area (Å²) in [6, 6.07) is 2.26. The van der Waals surface area contributed by atoms with Gasteiger partial charge in [0, 0.05) is 18.1 Å². The number of sulfonamides is 1. The minimum Gasteiger partial charge on any atom is -0.396 e. The number of nitrogens with two attached hydrogens (primary N) is 1. The van der Waals surface area contributed by atoms with Crippen molar-refractivity contribution in [3.05, 3.63) is 22.4 Å². The summed E-state index contributed by atoms with van der Waals surface area (Å²) in [6.45, 7) is 0.492. The average molecular weight is 365 g/mol. The van der Waals surface area contributed by atoms with Gasteiger partial charge in [0.25, 0.3) is 0 Å². The van der Waals surface area contributed by atoms with E-state index in [0.717, 1.165) is 31.7 Å². The molecular weight excluding hydrogens is 347 g/mol. The fraction of sp³-hybridized carbons (Fsp3) is 0.538. The van der Waals surface area contributed by atoms with Crippen molar-refractivity contribution in [1.82, 2.24) is 4.31 Å². The molecule has 1 aliphatic carbocycles. The minimum atomic E-state index is -3.66. The van der Waals surface area contributed by atoms with Crippen LogP contribution >= 0.6 is 15.9 Å². The molecule has 1 saturated carbocycles. The first-order valence-electron chi connectivity index (χ1n) is 6.53. The fourth-order valence-corrected chi connectivity index (χ4v) is 4.82. The molecule has 0 aliphatic heterocycles. The third-order valence-electron chi connectivity index (χ3n) is 3.73. The Labute approximate surface area is 127 Å². The Kier molecular flexibility index (Phi) is 4.71. The van der Waals surface area contributed by atoms with E-state index in [2.05, 4.69) is 15.9 Å². The summed E-state index contributed by atoms with van der Waals surface area (Å²) in [5.41, 5.74) is 5.31. The van der Waals surface area contributed by atoms with Crippen molar-refractivity contribution in [3.8, 4) is 0 Å². The molecule has 1 aliphatic rings. The molecule has 4 nitrogen and oxygen atoms in total. The largest absolute Gasteiger partial charge is 0.396 e. The van der Waals surface area contributed by atoms with Crippen molar-refractivity contribution in [3.63, 3.8) is 0 Å². The van der Waals surface area contributed by atoms with Crippen molar-refractivity contribution in [2.24, 2.45) is 5.92 Å². The lowest BCUT2D eigenvalue weighted by Gasteiger charge is -2.21. The van der Waals surface area contributed by atoms with Crippen molar-refractivity contribution in [1.29, 1.82) is 0 Å². The van der Waals surface area contributed by atoms with Gasteiger partial charge in [-0.25, -0.2) is 17.1 Å². The van der Waals surface area contributed by atoms with E-state index < -0.39 is 15.8 Å². The predicted octanol–water partition coefficient (Wildman–Crippen LogP) is 2.98. The van der Waals surface area contributed by atoms with E-state index in [1.54, 1.807) is 7.05 Å². The maximum Gasteiger partial charge on any atom is 0.244 e. The summed E-state index contributed by atoms with van der Waals surface area (Å²) in [5, 5.41) is 0. The van der Waals surface area contributed by atoms with E-state index in [-0.39, 0.29) is 15.1 Å². The van der Waals surface area contributed by atoms with E-state index in [9.17, 15) is 12.8 Å². The smallest absolute Gasteiger partial charge is 0.244 e. The van der Waals surface area contributed by atoms with Crippen LogP contribution in [-0.2, 0) is 10.0 Å². The molecule has 0 atom stereocenters. The van der Waals surface area contributed by atoms with Gasteiger partial charge in [-0.05, 0) is 46.8 Å². The Hall–Kier alpha value is -0.660. The van der Waals surface area contributed by atoms with Crippen LogP contribution in [0.15, 0.2) is 21.5 Å². The molecule has 0 spiro atoms. The molecule has 1 fully saturated rings. The quantitative estimate of drug-likeness (QED) is 0.835. The molecule has 112 valence electrons. The Balaban J connectivity index is 2.27. The molecule has 1 aromatic rings. The van der Waals surface area contributed by atoms with Crippen LogP contribution in [0.4, 0.5) is 10.1 Å². The van der Waals surface area contributed by atoms with Crippen molar-refractivity contribution in [2.45, 2.75) is 30.6 Å². The maximum absolute atomic E-state index is 13.3. The van der Waals surface area contributed by atoms with Crippen molar-refractivity contribution < 1.29 is 12.8 Å². The van der Waals surface area contributed by atoms with Gasteiger partial charge in [-0.15, -0.1) is 0 Å². The first kappa shape index (κ1) is 15.7. The highest BCUT2D eigenvalue weighted by molar-refractivity contribution is 9.10. The number of nitrogens with zero attached hydrogens (tertiary/aromatic N) is 1. The molecule has 7 heteroatoms. The van der Waals surface area contributed by atoms with Crippen molar-refractivity contribution in [2.75, 3.05) is 19.3 Å².